The normalized spacial score (nSPS) is 22.4. The fourth-order valence-corrected chi connectivity index (χ4v) is 14.3. The van der Waals surface area contributed by atoms with E-state index in [0.717, 1.165) is 108 Å². The predicted octanol–water partition coefficient (Wildman–Crippen LogP) is 12.1. The standard InChI is InChI=1S/C64H66N8O7/c1-34(2)56(69-63(76)78-39-13-7-5-8-14-39)61(74)71-29-11-17-50(71)59-65-33-49(68-59)44-25-24-43(54-45-26-27-46(55(44)54)58(45)73)42-23-22-41(52-37-19-20-38(31-37)53(42)52)36-21-28-47-48(32-36)67-60(66-47)51-18-12-30-72(51)62(75)57(35(3)4)70-64(77)79-40-15-9-6-10-16-40/h5-10,13-16,21-25,28,32-35,37-38,45-46,50-51,56-57H,11-12,17-20,26-27,29-31H2,1-4H3,(H,65,68)(H,66,67)(H,69,76)(H,70,77)/t37?,38?,45?,46?,50-,51-,56-,57-/m0/s1. The highest BCUT2D eigenvalue weighted by Crippen LogP contribution is 2.61. The molecule has 404 valence electrons. The topological polar surface area (TPSA) is 192 Å². The zero-order valence-corrected chi connectivity index (χ0v) is 45.1. The Labute approximate surface area is 459 Å². The molecule has 0 spiro atoms. The van der Waals surface area contributed by atoms with Gasteiger partial charge in [-0.25, -0.2) is 19.6 Å². The van der Waals surface area contributed by atoms with Crippen LogP contribution in [0, 0.1) is 11.8 Å². The van der Waals surface area contributed by atoms with Crippen molar-refractivity contribution in [3.8, 4) is 45.0 Å². The first-order valence-electron chi connectivity index (χ1n) is 28.5. The monoisotopic (exact) mass is 1060 g/mol. The van der Waals surface area contributed by atoms with Gasteiger partial charge in [0, 0.05) is 30.5 Å². The van der Waals surface area contributed by atoms with Crippen LogP contribution in [0.5, 0.6) is 11.5 Å². The number of rotatable bonds is 13. The van der Waals surface area contributed by atoms with Gasteiger partial charge in [-0.05, 0) is 162 Å². The molecule has 2 saturated carbocycles. The Morgan fingerprint density at radius 3 is 1.68 bits per heavy atom. The lowest BCUT2D eigenvalue weighted by Crippen LogP contribution is -2.51. The summed E-state index contributed by atoms with van der Waals surface area (Å²) in [6.07, 6.45) is 8.71. The molecule has 0 radical (unpaired) electrons. The summed E-state index contributed by atoms with van der Waals surface area (Å²) in [5.74, 6) is 2.41. The van der Waals surface area contributed by atoms with Gasteiger partial charge in [0.15, 0.2) is 0 Å². The summed E-state index contributed by atoms with van der Waals surface area (Å²) in [5, 5.41) is 5.69. The largest absolute Gasteiger partial charge is 0.413 e. The zero-order chi connectivity index (χ0) is 54.2. The molecule has 2 saturated heterocycles. The number of H-pyrrole nitrogens is 2. The Balaban J connectivity index is 0.774. The van der Waals surface area contributed by atoms with Crippen molar-refractivity contribution in [2.24, 2.45) is 11.8 Å². The van der Waals surface area contributed by atoms with Crippen LogP contribution < -0.4 is 20.1 Å². The van der Waals surface area contributed by atoms with E-state index < -0.39 is 24.3 Å². The molecule has 2 aromatic heterocycles. The second-order valence-corrected chi connectivity index (χ2v) is 23.3. The van der Waals surface area contributed by atoms with Crippen molar-refractivity contribution in [2.45, 2.75) is 133 Å². The molecule has 4 unspecified atom stereocenters. The van der Waals surface area contributed by atoms with E-state index in [1.807, 2.05) is 55.8 Å². The van der Waals surface area contributed by atoms with Gasteiger partial charge in [0.1, 0.15) is 41.0 Å². The van der Waals surface area contributed by atoms with Crippen molar-refractivity contribution in [1.82, 2.24) is 40.4 Å². The van der Waals surface area contributed by atoms with Crippen molar-refractivity contribution in [2.75, 3.05) is 13.1 Å². The van der Waals surface area contributed by atoms with E-state index in [-0.39, 0.29) is 47.6 Å². The van der Waals surface area contributed by atoms with Crippen molar-refractivity contribution in [3.05, 3.63) is 143 Å². The number of carbonyl (C=O) groups excluding carboxylic acids is 5. The van der Waals surface area contributed by atoms with Crippen LogP contribution in [-0.4, -0.2) is 84.7 Å². The van der Waals surface area contributed by atoms with Crippen LogP contribution in [0.2, 0.25) is 0 Å². The SMILES string of the molecule is CC(C)[C@H](NC(=O)Oc1ccccc1)C(=O)N1CCC[C@H]1c1ncc(-c2ccc(-c3ccc(-c4ccc5nc([C@@H]6CCCN6C(=O)[C@@H](NC(=O)Oc6ccccc6)C(C)C)[nH]c5c4)c4c3C3CCC4C3)c3c2C2CCC3C2=O)[nH]1. The molecule has 4 aliphatic carbocycles. The first-order chi connectivity index (χ1) is 38.4. The van der Waals surface area contributed by atoms with Crippen molar-refractivity contribution in [1.29, 1.82) is 0 Å². The zero-order valence-electron chi connectivity index (χ0n) is 45.1. The van der Waals surface area contributed by atoms with Crippen LogP contribution in [-0.2, 0) is 14.4 Å². The first-order valence-corrected chi connectivity index (χ1v) is 28.5. The maximum Gasteiger partial charge on any atom is 0.413 e. The third kappa shape index (κ3) is 8.95. The highest BCUT2D eigenvalue weighted by Gasteiger charge is 2.49. The fraction of sp³-hybridized carbons (Fsp3) is 0.391. The van der Waals surface area contributed by atoms with E-state index in [0.29, 0.717) is 48.0 Å². The molecule has 4 amide bonds. The van der Waals surface area contributed by atoms with Crippen LogP contribution in [0.4, 0.5) is 9.59 Å². The predicted molar refractivity (Wildman–Crippen MR) is 299 cm³/mol. The maximum atomic E-state index is 14.3. The lowest BCUT2D eigenvalue weighted by Gasteiger charge is -2.30. The number of Topliss-reactive ketones (excluding diaryl/α,β-unsaturated/α-hetero) is 1. The molecule has 4 fully saturated rings. The van der Waals surface area contributed by atoms with Gasteiger partial charge in [-0.2, -0.15) is 0 Å². The fourth-order valence-electron chi connectivity index (χ4n) is 14.3. The summed E-state index contributed by atoms with van der Waals surface area (Å²) in [5.41, 5.74) is 13.4. The molecule has 4 heterocycles. The van der Waals surface area contributed by atoms with Crippen LogP contribution in [0.1, 0.15) is 155 Å². The Kier molecular flexibility index (Phi) is 13.0. The summed E-state index contributed by atoms with van der Waals surface area (Å²) in [4.78, 5) is 89.7. The number of nitrogens with one attached hydrogen (secondary N) is 4. The van der Waals surface area contributed by atoms with Gasteiger partial charge >= 0.3 is 12.2 Å². The molecule has 2 aliphatic heterocycles. The summed E-state index contributed by atoms with van der Waals surface area (Å²) in [6, 6.07) is 31.0. The number of likely N-dealkylation sites (tertiary alicyclic amines) is 2. The highest BCUT2D eigenvalue weighted by molar-refractivity contribution is 6.04. The summed E-state index contributed by atoms with van der Waals surface area (Å²) in [6.45, 7) is 8.80. The molecule has 7 aromatic rings. The minimum atomic E-state index is -0.786. The number of benzene rings is 5. The van der Waals surface area contributed by atoms with Gasteiger partial charge in [-0.1, -0.05) is 94.4 Å². The Hall–Kier alpha value is -8.07. The number of amides is 4. The Bertz CT molecular complexity index is 3550. The second kappa shape index (κ2) is 20.3. The number of fused-ring (bicyclic) bond motifs is 11. The summed E-state index contributed by atoms with van der Waals surface area (Å²) in [7, 11) is 0. The Morgan fingerprint density at radius 1 is 0.582 bits per heavy atom. The molecule has 15 nitrogen and oxygen atoms in total. The van der Waals surface area contributed by atoms with Crippen LogP contribution in [0.3, 0.4) is 0 Å². The summed E-state index contributed by atoms with van der Waals surface area (Å²) < 4.78 is 11.0. The molecular weight excluding hydrogens is 993 g/mol. The molecule has 15 heteroatoms. The molecule has 79 heavy (non-hydrogen) atoms. The number of nitrogens with zero attached hydrogens (tertiary/aromatic N) is 4. The van der Waals surface area contributed by atoms with Gasteiger partial charge < -0.3 is 39.9 Å². The lowest BCUT2D eigenvalue weighted by atomic mass is 9.77. The first kappa shape index (κ1) is 50.4. The molecule has 13 rings (SSSR count). The number of hydrogen-bond donors (Lipinski definition) is 4. The number of hydrogen-bond acceptors (Lipinski definition) is 9. The molecular formula is C64H66N8O7. The maximum absolute atomic E-state index is 14.3. The minimum absolute atomic E-state index is 0.153. The number of ketones is 1. The highest BCUT2D eigenvalue weighted by atomic mass is 16.6. The summed E-state index contributed by atoms with van der Waals surface area (Å²) >= 11 is 0. The van der Waals surface area contributed by atoms with Gasteiger partial charge in [0.05, 0.1) is 35.0 Å². The van der Waals surface area contributed by atoms with E-state index in [1.54, 1.807) is 48.5 Å². The number of para-hydroxylation sites is 2. The van der Waals surface area contributed by atoms with E-state index in [9.17, 15) is 24.0 Å². The number of ether oxygens (including phenoxy) is 2. The van der Waals surface area contributed by atoms with E-state index in [4.69, 9.17) is 19.4 Å². The van der Waals surface area contributed by atoms with Crippen molar-refractivity contribution < 1.29 is 33.4 Å². The smallest absolute Gasteiger partial charge is 0.410 e. The van der Waals surface area contributed by atoms with Gasteiger partial charge in [-0.15, -0.1) is 0 Å². The molecule has 4 N–H and O–H groups in total. The van der Waals surface area contributed by atoms with Crippen molar-refractivity contribution >= 4 is 40.8 Å². The van der Waals surface area contributed by atoms with Gasteiger partial charge in [0.2, 0.25) is 11.8 Å². The van der Waals surface area contributed by atoms with Crippen LogP contribution in [0.15, 0.2) is 109 Å². The molecule has 5 aromatic carbocycles. The van der Waals surface area contributed by atoms with Gasteiger partial charge in [-0.3, -0.25) is 14.4 Å². The van der Waals surface area contributed by atoms with Crippen molar-refractivity contribution in [3.63, 3.8) is 0 Å². The minimum Gasteiger partial charge on any atom is -0.410 e. The van der Waals surface area contributed by atoms with E-state index >= 15 is 0 Å². The number of carbonyl (C=O) groups is 5. The molecule has 8 atom stereocenters. The van der Waals surface area contributed by atoms with E-state index in [1.165, 1.54) is 22.3 Å². The lowest BCUT2D eigenvalue weighted by molar-refractivity contribution is -0.136. The average Bonchev–Trinajstić information content (AvgIpc) is 4.45. The third-order valence-electron chi connectivity index (χ3n) is 18.0. The second-order valence-electron chi connectivity index (χ2n) is 23.3. The third-order valence-corrected chi connectivity index (χ3v) is 18.0. The number of aromatic amines is 2. The molecule has 6 aliphatic rings. The van der Waals surface area contributed by atoms with Crippen LogP contribution in [0.25, 0.3) is 44.5 Å². The van der Waals surface area contributed by atoms with Crippen LogP contribution >= 0.6 is 0 Å². The average molecular weight is 1060 g/mol. The van der Waals surface area contributed by atoms with Gasteiger partial charge in [0.25, 0.3) is 0 Å². The number of aromatic nitrogens is 4. The quantitative estimate of drug-likeness (QED) is 0.0870. The number of imidazole rings is 2. The molecule has 4 bridgehead atoms. The Morgan fingerprint density at radius 2 is 1.10 bits per heavy atom. The van der Waals surface area contributed by atoms with E-state index in [2.05, 4.69) is 63.1 Å².